The number of anilines is 1. The Morgan fingerprint density at radius 1 is 1.00 bits per heavy atom. The Balaban J connectivity index is 1.92. The van der Waals surface area contributed by atoms with Crippen molar-refractivity contribution < 1.29 is 19.0 Å². The van der Waals surface area contributed by atoms with Gasteiger partial charge in [0.05, 0.1) is 14.2 Å². The minimum absolute atomic E-state index is 0.0996. The van der Waals surface area contributed by atoms with Gasteiger partial charge in [0.25, 0.3) is 5.91 Å². The van der Waals surface area contributed by atoms with Gasteiger partial charge in [-0.2, -0.15) is 0 Å². The van der Waals surface area contributed by atoms with Crippen LogP contribution in [0.1, 0.15) is 0 Å². The molecule has 1 amide bonds. The second kappa shape index (κ2) is 7.19. The number of benzene rings is 2. The summed E-state index contributed by atoms with van der Waals surface area (Å²) in [5.74, 6) is 1.54. The summed E-state index contributed by atoms with van der Waals surface area (Å²) < 4.78 is 15.7. The summed E-state index contributed by atoms with van der Waals surface area (Å²) in [6.45, 7) is -0.0996. The normalized spacial score (nSPS) is 9.81. The lowest BCUT2D eigenvalue weighted by Crippen LogP contribution is -2.20. The van der Waals surface area contributed by atoms with Gasteiger partial charge in [0, 0.05) is 11.8 Å². The molecule has 2 rings (SSSR count). The van der Waals surface area contributed by atoms with Crippen molar-refractivity contribution in [3.63, 3.8) is 0 Å². The third-order valence-corrected chi connectivity index (χ3v) is 2.78. The van der Waals surface area contributed by atoms with Crippen molar-refractivity contribution in [2.45, 2.75) is 0 Å². The van der Waals surface area contributed by atoms with Crippen molar-refractivity contribution >= 4 is 11.6 Å². The minimum atomic E-state index is -0.255. The van der Waals surface area contributed by atoms with Crippen LogP contribution in [-0.4, -0.2) is 26.7 Å². The van der Waals surface area contributed by atoms with Gasteiger partial charge in [0.2, 0.25) is 0 Å². The molecule has 2 aromatic rings. The molecule has 1 N–H and O–H groups in total. The largest absolute Gasteiger partial charge is 0.497 e. The highest BCUT2D eigenvalue weighted by Gasteiger charge is 2.07. The van der Waals surface area contributed by atoms with Gasteiger partial charge in [-0.1, -0.05) is 18.2 Å². The Hall–Kier alpha value is -2.69. The summed E-state index contributed by atoms with van der Waals surface area (Å²) in [6.07, 6.45) is 0. The van der Waals surface area contributed by atoms with E-state index in [0.717, 1.165) is 0 Å². The van der Waals surface area contributed by atoms with Crippen molar-refractivity contribution in [3.8, 4) is 17.2 Å². The molecular formula is C16H17NO4. The highest BCUT2D eigenvalue weighted by atomic mass is 16.5. The molecule has 0 radical (unpaired) electrons. The second-order valence-corrected chi connectivity index (χ2v) is 4.22. The predicted molar refractivity (Wildman–Crippen MR) is 80.1 cm³/mol. The lowest BCUT2D eigenvalue weighted by molar-refractivity contribution is -0.118. The summed E-state index contributed by atoms with van der Waals surface area (Å²) in [5.41, 5.74) is 0.656. The van der Waals surface area contributed by atoms with Crippen molar-refractivity contribution in [1.29, 1.82) is 0 Å². The maximum Gasteiger partial charge on any atom is 0.262 e. The molecule has 21 heavy (non-hydrogen) atoms. The SMILES string of the molecule is COc1cccc(NC(=O)COc2ccccc2OC)c1. The first-order valence-electron chi connectivity index (χ1n) is 6.42. The van der Waals surface area contributed by atoms with E-state index in [1.807, 2.05) is 12.1 Å². The maximum absolute atomic E-state index is 11.9. The molecule has 0 aliphatic heterocycles. The zero-order valence-corrected chi connectivity index (χ0v) is 12.0. The fourth-order valence-electron chi connectivity index (χ4n) is 1.78. The zero-order valence-electron chi connectivity index (χ0n) is 12.0. The van der Waals surface area contributed by atoms with E-state index < -0.39 is 0 Å². The highest BCUT2D eigenvalue weighted by Crippen LogP contribution is 2.25. The number of rotatable bonds is 6. The highest BCUT2D eigenvalue weighted by molar-refractivity contribution is 5.92. The summed E-state index contributed by atoms with van der Waals surface area (Å²) in [7, 11) is 3.13. The van der Waals surface area contributed by atoms with Crippen LogP contribution in [0.15, 0.2) is 48.5 Å². The van der Waals surface area contributed by atoms with Crippen molar-refractivity contribution in [1.82, 2.24) is 0 Å². The van der Waals surface area contributed by atoms with Crippen molar-refractivity contribution in [3.05, 3.63) is 48.5 Å². The van der Waals surface area contributed by atoms with E-state index in [1.54, 1.807) is 50.6 Å². The first-order valence-corrected chi connectivity index (χ1v) is 6.42. The standard InChI is InChI=1S/C16H17NO4/c1-19-13-7-5-6-12(10-13)17-16(18)11-21-15-9-4-3-8-14(15)20-2/h3-10H,11H2,1-2H3,(H,17,18). The number of ether oxygens (including phenoxy) is 3. The molecular weight excluding hydrogens is 270 g/mol. The third-order valence-electron chi connectivity index (χ3n) is 2.78. The van der Waals surface area contributed by atoms with E-state index in [-0.39, 0.29) is 12.5 Å². The molecule has 0 spiro atoms. The minimum Gasteiger partial charge on any atom is -0.497 e. The van der Waals surface area contributed by atoms with Gasteiger partial charge in [-0.3, -0.25) is 4.79 Å². The Bertz CT molecular complexity index is 613. The first kappa shape index (κ1) is 14.7. The monoisotopic (exact) mass is 287 g/mol. The molecule has 0 fully saturated rings. The third kappa shape index (κ3) is 4.14. The summed E-state index contributed by atoms with van der Waals surface area (Å²) in [6, 6.07) is 14.3. The molecule has 0 heterocycles. The molecule has 0 aliphatic rings. The van der Waals surface area contributed by atoms with Crippen LogP contribution in [0.25, 0.3) is 0 Å². The molecule has 0 saturated carbocycles. The van der Waals surface area contributed by atoms with E-state index in [9.17, 15) is 4.79 Å². The smallest absolute Gasteiger partial charge is 0.262 e. The lowest BCUT2D eigenvalue weighted by Gasteiger charge is -2.11. The predicted octanol–water partition coefficient (Wildman–Crippen LogP) is 2.72. The topological polar surface area (TPSA) is 56.8 Å². The van der Waals surface area contributed by atoms with Gasteiger partial charge in [-0.25, -0.2) is 0 Å². The van der Waals surface area contributed by atoms with Gasteiger partial charge in [-0.15, -0.1) is 0 Å². The van der Waals surface area contributed by atoms with E-state index in [4.69, 9.17) is 14.2 Å². The van der Waals surface area contributed by atoms with Crippen molar-refractivity contribution in [2.75, 3.05) is 26.1 Å². The number of carbonyl (C=O) groups excluding carboxylic acids is 1. The molecule has 0 bridgehead atoms. The van der Waals surface area contributed by atoms with Gasteiger partial charge in [-0.05, 0) is 24.3 Å². The Kier molecular flexibility index (Phi) is 5.04. The molecule has 110 valence electrons. The number of carbonyl (C=O) groups is 1. The molecule has 0 unspecified atom stereocenters. The number of methoxy groups -OCH3 is 2. The van der Waals surface area contributed by atoms with E-state index in [2.05, 4.69) is 5.32 Å². The summed E-state index contributed by atoms with van der Waals surface area (Å²) >= 11 is 0. The summed E-state index contributed by atoms with van der Waals surface area (Å²) in [4.78, 5) is 11.9. The molecule has 0 atom stereocenters. The van der Waals surface area contributed by atoms with Crippen LogP contribution in [0.3, 0.4) is 0 Å². The number of nitrogens with one attached hydrogen (secondary N) is 1. The molecule has 5 nitrogen and oxygen atoms in total. The first-order chi connectivity index (χ1) is 10.2. The molecule has 0 aromatic heterocycles. The lowest BCUT2D eigenvalue weighted by atomic mass is 10.3. The second-order valence-electron chi connectivity index (χ2n) is 4.22. The van der Waals surface area contributed by atoms with E-state index in [1.165, 1.54) is 0 Å². The zero-order chi connectivity index (χ0) is 15.1. The summed E-state index contributed by atoms with van der Waals surface area (Å²) in [5, 5.41) is 2.74. The van der Waals surface area contributed by atoms with E-state index in [0.29, 0.717) is 22.9 Å². The van der Waals surface area contributed by atoms with E-state index >= 15 is 0 Å². The molecule has 0 saturated heterocycles. The van der Waals surface area contributed by atoms with Crippen LogP contribution in [-0.2, 0) is 4.79 Å². The van der Waals surface area contributed by atoms with Crippen LogP contribution >= 0.6 is 0 Å². The van der Waals surface area contributed by atoms with Crippen LogP contribution in [0, 0.1) is 0 Å². The van der Waals surface area contributed by atoms with Gasteiger partial charge in [0.15, 0.2) is 18.1 Å². The fraction of sp³-hybridized carbons (Fsp3) is 0.188. The quantitative estimate of drug-likeness (QED) is 0.887. The maximum atomic E-state index is 11.9. The average molecular weight is 287 g/mol. The van der Waals surface area contributed by atoms with Crippen LogP contribution in [0.2, 0.25) is 0 Å². The van der Waals surface area contributed by atoms with Crippen LogP contribution < -0.4 is 19.5 Å². The van der Waals surface area contributed by atoms with Crippen LogP contribution in [0.5, 0.6) is 17.2 Å². The van der Waals surface area contributed by atoms with Crippen LogP contribution in [0.4, 0.5) is 5.69 Å². The molecule has 5 heteroatoms. The number of amides is 1. The number of para-hydroxylation sites is 2. The number of hydrogen-bond donors (Lipinski definition) is 1. The number of hydrogen-bond acceptors (Lipinski definition) is 4. The molecule has 2 aromatic carbocycles. The van der Waals surface area contributed by atoms with Gasteiger partial charge in [0.1, 0.15) is 5.75 Å². The Morgan fingerprint density at radius 3 is 2.48 bits per heavy atom. The Morgan fingerprint density at radius 2 is 1.76 bits per heavy atom. The van der Waals surface area contributed by atoms with Gasteiger partial charge < -0.3 is 19.5 Å². The van der Waals surface area contributed by atoms with Crippen molar-refractivity contribution in [2.24, 2.45) is 0 Å². The average Bonchev–Trinajstić information content (AvgIpc) is 2.53. The Labute approximate surface area is 123 Å². The van der Waals surface area contributed by atoms with Gasteiger partial charge >= 0.3 is 0 Å². The molecule has 0 aliphatic carbocycles. The fourth-order valence-corrected chi connectivity index (χ4v) is 1.78.